The minimum absolute atomic E-state index is 0.233. The minimum atomic E-state index is 0.233. The zero-order chi connectivity index (χ0) is 13.9. The lowest BCUT2D eigenvalue weighted by molar-refractivity contribution is 0.322. The third-order valence-electron chi connectivity index (χ3n) is 3.66. The van der Waals surface area contributed by atoms with Gasteiger partial charge in [0.25, 0.3) is 0 Å². The smallest absolute Gasteiger partial charge is 0.142 e. The molecule has 3 rings (SSSR count). The van der Waals surface area contributed by atoms with E-state index >= 15 is 0 Å². The van der Waals surface area contributed by atoms with E-state index in [1.54, 1.807) is 0 Å². The molecular weight excluding hydrogens is 268 g/mol. The number of ether oxygens (including phenoxy) is 1. The summed E-state index contributed by atoms with van der Waals surface area (Å²) in [6.45, 7) is 4.51. The molecule has 0 bridgehead atoms. The highest BCUT2D eigenvalue weighted by Gasteiger charge is 2.24. The molecule has 1 aromatic heterocycles. The van der Waals surface area contributed by atoms with Gasteiger partial charge in [-0.1, -0.05) is 12.1 Å². The molecule has 4 heteroatoms. The molecule has 2 heterocycles. The lowest BCUT2D eigenvalue weighted by Crippen LogP contribution is -2.33. The third kappa shape index (κ3) is 2.53. The first-order valence-electron chi connectivity index (χ1n) is 7.04. The first kappa shape index (κ1) is 13.5. The number of hydrogen-bond donors (Lipinski definition) is 1. The summed E-state index contributed by atoms with van der Waals surface area (Å²) < 4.78 is 5.84. The quantitative estimate of drug-likeness (QED) is 0.941. The maximum atomic E-state index is 6.08. The Bertz CT molecular complexity index is 581. The van der Waals surface area contributed by atoms with Crippen LogP contribution < -0.4 is 15.4 Å². The van der Waals surface area contributed by atoms with Crippen molar-refractivity contribution in [3.8, 4) is 5.75 Å². The fraction of sp³-hybridized carbons (Fsp3) is 0.375. The number of aryl methyl sites for hydroxylation is 1. The van der Waals surface area contributed by atoms with Crippen LogP contribution in [0.5, 0.6) is 5.75 Å². The highest BCUT2D eigenvalue weighted by Crippen LogP contribution is 2.37. The highest BCUT2D eigenvalue weighted by atomic mass is 32.1. The monoisotopic (exact) mass is 288 g/mol. The molecule has 0 aliphatic carbocycles. The summed E-state index contributed by atoms with van der Waals surface area (Å²) >= 11 is 1.83. The van der Waals surface area contributed by atoms with Gasteiger partial charge in [0.2, 0.25) is 0 Å². The predicted octanol–water partition coefficient (Wildman–Crippen LogP) is 3.35. The van der Waals surface area contributed by atoms with Crippen LogP contribution in [-0.4, -0.2) is 19.7 Å². The van der Waals surface area contributed by atoms with E-state index in [2.05, 4.69) is 36.1 Å². The Morgan fingerprint density at radius 3 is 2.90 bits per heavy atom. The molecule has 2 aromatic rings. The molecule has 1 unspecified atom stereocenters. The number of para-hydroxylation sites is 2. The van der Waals surface area contributed by atoms with Crippen molar-refractivity contribution in [1.82, 2.24) is 0 Å². The maximum absolute atomic E-state index is 6.08. The molecule has 106 valence electrons. The number of thiophene rings is 1. The van der Waals surface area contributed by atoms with E-state index in [1.165, 1.54) is 9.75 Å². The summed E-state index contributed by atoms with van der Waals surface area (Å²) in [6, 6.07) is 12.9. The molecule has 0 saturated carbocycles. The zero-order valence-electron chi connectivity index (χ0n) is 11.7. The van der Waals surface area contributed by atoms with Crippen molar-refractivity contribution in [3.63, 3.8) is 0 Å². The zero-order valence-corrected chi connectivity index (χ0v) is 12.5. The molecule has 2 N–H and O–H groups in total. The third-order valence-corrected chi connectivity index (χ3v) is 4.77. The second-order valence-electron chi connectivity index (χ2n) is 5.06. The predicted molar refractivity (Wildman–Crippen MR) is 84.8 cm³/mol. The normalized spacial score (nSPS) is 16.2. The average molecular weight is 288 g/mol. The number of fused-ring (bicyclic) bond motifs is 1. The van der Waals surface area contributed by atoms with E-state index in [4.69, 9.17) is 10.5 Å². The van der Waals surface area contributed by atoms with Crippen molar-refractivity contribution >= 4 is 17.0 Å². The van der Waals surface area contributed by atoms with Crippen LogP contribution in [0, 0.1) is 6.92 Å². The Morgan fingerprint density at radius 2 is 2.15 bits per heavy atom. The Kier molecular flexibility index (Phi) is 3.94. The summed E-state index contributed by atoms with van der Waals surface area (Å²) in [4.78, 5) is 5.06. The van der Waals surface area contributed by atoms with E-state index in [-0.39, 0.29) is 6.04 Å². The van der Waals surface area contributed by atoms with Crippen LogP contribution in [0.25, 0.3) is 0 Å². The van der Waals surface area contributed by atoms with E-state index in [9.17, 15) is 0 Å². The van der Waals surface area contributed by atoms with Gasteiger partial charge in [-0.2, -0.15) is 0 Å². The Labute approximate surface area is 124 Å². The second kappa shape index (κ2) is 5.85. The largest absolute Gasteiger partial charge is 0.491 e. The van der Waals surface area contributed by atoms with Crippen molar-refractivity contribution in [3.05, 3.63) is 46.2 Å². The Balaban J connectivity index is 1.99. The van der Waals surface area contributed by atoms with Crippen molar-refractivity contribution in [2.75, 3.05) is 24.6 Å². The summed E-state index contributed by atoms with van der Waals surface area (Å²) in [6.07, 6.45) is 1.02. The fourth-order valence-electron chi connectivity index (χ4n) is 2.71. The van der Waals surface area contributed by atoms with Crippen molar-refractivity contribution in [1.29, 1.82) is 0 Å². The van der Waals surface area contributed by atoms with Crippen LogP contribution in [0.15, 0.2) is 36.4 Å². The SMILES string of the molecule is Cc1ccc(C(CN)N2CCCOc3ccccc32)s1. The van der Waals surface area contributed by atoms with Crippen LogP contribution >= 0.6 is 11.3 Å². The van der Waals surface area contributed by atoms with Gasteiger partial charge in [0.1, 0.15) is 5.75 Å². The summed E-state index contributed by atoms with van der Waals surface area (Å²) in [5.74, 6) is 0.969. The van der Waals surface area contributed by atoms with E-state index in [1.807, 2.05) is 23.5 Å². The second-order valence-corrected chi connectivity index (χ2v) is 6.38. The van der Waals surface area contributed by atoms with Gasteiger partial charge in [-0.05, 0) is 37.6 Å². The van der Waals surface area contributed by atoms with Crippen LogP contribution in [0.1, 0.15) is 22.2 Å². The molecule has 20 heavy (non-hydrogen) atoms. The number of nitrogens with two attached hydrogens (primary N) is 1. The van der Waals surface area contributed by atoms with Gasteiger partial charge in [-0.15, -0.1) is 11.3 Å². The molecule has 0 amide bonds. The average Bonchev–Trinajstić information content (AvgIpc) is 2.78. The number of benzene rings is 1. The van der Waals surface area contributed by atoms with Gasteiger partial charge < -0.3 is 15.4 Å². The van der Waals surface area contributed by atoms with Crippen molar-refractivity contribution < 1.29 is 4.74 Å². The molecule has 3 nitrogen and oxygen atoms in total. The number of nitrogens with zero attached hydrogens (tertiary/aromatic N) is 1. The number of anilines is 1. The van der Waals surface area contributed by atoms with Gasteiger partial charge in [0, 0.05) is 22.8 Å². The van der Waals surface area contributed by atoms with E-state index in [0.29, 0.717) is 6.54 Å². The van der Waals surface area contributed by atoms with E-state index < -0.39 is 0 Å². The van der Waals surface area contributed by atoms with Gasteiger partial charge in [-0.3, -0.25) is 0 Å². The van der Waals surface area contributed by atoms with Crippen LogP contribution in [0.2, 0.25) is 0 Å². The molecular formula is C16H20N2OS. The van der Waals surface area contributed by atoms with Crippen molar-refractivity contribution in [2.24, 2.45) is 5.73 Å². The lowest BCUT2D eigenvalue weighted by atomic mass is 10.1. The van der Waals surface area contributed by atoms with Crippen LogP contribution in [-0.2, 0) is 0 Å². The van der Waals surface area contributed by atoms with Crippen molar-refractivity contribution in [2.45, 2.75) is 19.4 Å². The fourth-order valence-corrected chi connectivity index (χ4v) is 3.71. The summed E-state index contributed by atoms with van der Waals surface area (Å²) in [5.41, 5.74) is 7.24. The Morgan fingerprint density at radius 1 is 1.30 bits per heavy atom. The molecule has 0 radical (unpaired) electrons. The standard InChI is InChI=1S/C16H20N2OS/c1-12-7-8-16(20-12)14(11-17)18-9-4-10-19-15-6-3-2-5-13(15)18/h2-3,5-8,14H,4,9-11,17H2,1H3. The first-order valence-corrected chi connectivity index (χ1v) is 7.86. The topological polar surface area (TPSA) is 38.5 Å². The first-order chi connectivity index (χ1) is 9.79. The number of hydrogen-bond acceptors (Lipinski definition) is 4. The molecule has 1 aliphatic heterocycles. The summed E-state index contributed by atoms with van der Waals surface area (Å²) in [5, 5.41) is 0. The molecule has 0 saturated heterocycles. The number of rotatable bonds is 3. The molecule has 1 atom stereocenters. The maximum Gasteiger partial charge on any atom is 0.142 e. The van der Waals surface area contributed by atoms with Gasteiger partial charge in [0.05, 0.1) is 18.3 Å². The minimum Gasteiger partial charge on any atom is -0.491 e. The highest BCUT2D eigenvalue weighted by molar-refractivity contribution is 7.12. The molecule has 0 fully saturated rings. The summed E-state index contributed by atoms with van der Waals surface area (Å²) in [7, 11) is 0. The van der Waals surface area contributed by atoms with Gasteiger partial charge in [-0.25, -0.2) is 0 Å². The van der Waals surface area contributed by atoms with Gasteiger partial charge >= 0.3 is 0 Å². The lowest BCUT2D eigenvalue weighted by Gasteiger charge is -2.31. The van der Waals surface area contributed by atoms with Gasteiger partial charge in [0.15, 0.2) is 0 Å². The van der Waals surface area contributed by atoms with E-state index in [0.717, 1.165) is 31.0 Å². The van der Waals surface area contributed by atoms with Crippen LogP contribution in [0.4, 0.5) is 5.69 Å². The molecule has 1 aromatic carbocycles. The Hall–Kier alpha value is -1.52. The molecule has 1 aliphatic rings. The van der Waals surface area contributed by atoms with Crippen LogP contribution in [0.3, 0.4) is 0 Å². The molecule has 0 spiro atoms.